The highest BCUT2D eigenvalue weighted by Gasteiger charge is 2.27. The Labute approximate surface area is 103 Å². The molecule has 1 aliphatic carbocycles. The van der Waals surface area contributed by atoms with Crippen molar-refractivity contribution in [3.05, 3.63) is 35.6 Å². The Morgan fingerprint density at radius 3 is 2.88 bits per heavy atom. The summed E-state index contributed by atoms with van der Waals surface area (Å²) in [4.78, 5) is 0. The lowest BCUT2D eigenvalue weighted by Crippen LogP contribution is -2.33. The number of halogens is 1. The Kier molecular flexibility index (Phi) is 4.55. The van der Waals surface area contributed by atoms with E-state index in [0.29, 0.717) is 12.0 Å². The maximum absolute atomic E-state index is 13.6. The Morgan fingerprint density at radius 1 is 1.29 bits per heavy atom. The van der Waals surface area contributed by atoms with E-state index in [0.717, 1.165) is 18.5 Å². The molecule has 94 valence electrons. The predicted molar refractivity (Wildman–Crippen MR) is 69.5 cm³/mol. The molecule has 2 rings (SSSR count). The van der Waals surface area contributed by atoms with E-state index in [4.69, 9.17) is 0 Å². The van der Waals surface area contributed by atoms with Crippen LogP contribution < -0.4 is 5.32 Å². The highest BCUT2D eigenvalue weighted by Crippen LogP contribution is 2.29. The fourth-order valence-electron chi connectivity index (χ4n) is 2.83. The average molecular weight is 235 g/mol. The van der Waals surface area contributed by atoms with Gasteiger partial charge in [-0.15, -0.1) is 0 Å². The van der Waals surface area contributed by atoms with Crippen LogP contribution in [0, 0.1) is 11.7 Å². The molecule has 2 heteroatoms. The number of hydrogen-bond acceptors (Lipinski definition) is 1. The standard InChI is InChI=1S/C15H22FN/c1-2-10-17-15-9-5-7-13(15)11-12-6-3-4-8-14(12)16/h3-4,6,8,13,15,17H,2,5,7,9-11H2,1H3. The van der Waals surface area contributed by atoms with Gasteiger partial charge in [-0.1, -0.05) is 31.5 Å². The van der Waals surface area contributed by atoms with Gasteiger partial charge in [0, 0.05) is 6.04 Å². The van der Waals surface area contributed by atoms with E-state index in [2.05, 4.69) is 12.2 Å². The predicted octanol–water partition coefficient (Wildman–Crippen LogP) is 3.54. The lowest BCUT2D eigenvalue weighted by molar-refractivity contribution is 0.394. The summed E-state index contributed by atoms with van der Waals surface area (Å²) in [6, 6.07) is 7.78. The van der Waals surface area contributed by atoms with E-state index >= 15 is 0 Å². The van der Waals surface area contributed by atoms with Gasteiger partial charge in [-0.2, -0.15) is 0 Å². The van der Waals surface area contributed by atoms with Crippen molar-refractivity contribution >= 4 is 0 Å². The summed E-state index contributed by atoms with van der Waals surface area (Å²) in [7, 11) is 0. The van der Waals surface area contributed by atoms with Crippen molar-refractivity contribution in [1.29, 1.82) is 0 Å². The molecule has 0 bridgehead atoms. The summed E-state index contributed by atoms with van der Waals surface area (Å²) < 4.78 is 13.6. The molecule has 1 nitrogen and oxygen atoms in total. The van der Waals surface area contributed by atoms with Crippen LogP contribution in [0.3, 0.4) is 0 Å². The summed E-state index contributed by atoms with van der Waals surface area (Å²) in [5.41, 5.74) is 0.877. The molecule has 0 amide bonds. The average Bonchev–Trinajstić information content (AvgIpc) is 2.77. The zero-order valence-corrected chi connectivity index (χ0v) is 10.6. The number of benzene rings is 1. The van der Waals surface area contributed by atoms with Gasteiger partial charge < -0.3 is 5.32 Å². The van der Waals surface area contributed by atoms with E-state index in [9.17, 15) is 4.39 Å². The smallest absolute Gasteiger partial charge is 0.126 e. The van der Waals surface area contributed by atoms with E-state index in [1.54, 1.807) is 12.1 Å². The van der Waals surface area contributed by atoms with Gasteiger partial charge in [0.05, 0.1) is 0 Å². The molecule has 1 aromatic rings. The fourth-order valence-corrected chi connectivity index (χ4v) is 2.83. The molecule has 0 aromatic heterocycles. The van der Waals surface area contributed by atoms with Gasteiger partial charge in [0.1, 0.15) is 5.82 Å². The van der Waals surface area contributed by atoms with Gasteiger partial charge in [-0.3, -0.25) is 0 Å². The molecular weight excluding hydrogens is 213 g/mol. The van der Waals surface area contributed by atoms with Crippen molar-refractivity contribution in [3.8, 4) is 0 Å². The summed E-state index contributed by atoms with van der Waals surface area (Å²) in [6.07, 6.45) is 5.81. The molecule has 2 atom stereocenters. The number of hydrogen-bond donors (Lipinski definition) is 1. The van der Waals surface area contributed by atoms with Gasteiger partial charge in [-0.05, 0) is 49.8 Å². The monoisotopic (exact) mass is 235 g/mol. The number of nitrogens with one attached hydrogen (secondary N) is 1. The van der Waals surface area contributed by atoms with Crippen LogP contribution in [0.4, 0.5) is 4.39 Å². The Morgan fingerprint density at radius 2 is 2.12 bits per heavy atom. The zero-order valence-electron chi connectivity index (χ0n) is 10.6. The molecule has 1 aliphatic rings. The van der Waals surface area contributed by atoms with Crippen LogP contribution in [0.2, 0.25) is 0 Å². The molecule has 1 saturated carbocycles. The Bertz CT molecular complexity index is 351. The van der Waals surface area contributed by atoms with Gasteiger partial charge >= 0.3 is 0 Å². The number of rotatable bonds is 5. The van der Waals surface area contributed by atoms with E-state index in [1.165, 1.54) is 25.7 Å². The van der Waals surface area contributed by atoms with Crippen molar-refractivity contribution in [2.45, 2.75) is 45.1 Å². The van der Waals surface area contributed by atoms with Crippen molar-refractivity contribution < 1.29 is 4.39 Å². The molecule has 1 N–H and O–H groups in total. The first-order valence-corrected chi connectivity index (χ1v) is 6.78. The van der Waals surface area contributed by atoms with Crippen LogP contribution in [-0.2, 0) is 6.42 Å². The van der Waals surface area contributed by atoms with Gasteiger partial charge in [-0.25, -0.2) is 4.39 Å². The second-order valence-electron chi connectivity index (χ2n) is 5.05. The minimum absolute atomic E-state index is 0.0476. The summed E-state index contributed by atoms with van der Waals surface area (Å²) in [6.45, 7) is 3.27. The van der Waals surface area contributed by atoms with E-state index in [1.807, 2.05) is 12.1 Å². The first-order chi connectivity index (χ1) is 8.31. The van der Waals surface area contributed by atoms with Crippen LogP contribution in [0.1, 0.15) is 38.2 Å². The minimum atomic E-state index is -0.0476. The quantitative estimate of drug-likeness (QED) is 0.823. The molecular formula is C15H22FN. The normalized spacial score (nSPS) is 24.1. The van der Waals surface area contributed by atoms with Crippen molar-refractivity contribution in [2.75, 3.05) is 6.54 Å². The molecule has 1 fully saturated rings. The Balaban J connectivity index is 1.95. The van der Waals surface area contributed by atoms with Crippen LogP contribution in [0.15, 0.2) is 24.3 Å². The SMILES string of the molecule is CCCNC1CCCC1Cc1ccccc1F. The molecule has 17 heavy (non-hydrogen) atoms. The third-order valence-electron chi connectivity index (χ3n) is 3.76. The molecule has 0 heterocycles. The van der Waals surface area contributed by atoms with Crippen molar-refractivity contribution in [1.82, 2.24) is 5.32 Å². The van der Waals surface area contributed by atoms with Crippen LogP contribution in [-0.4, -0.2) is 12.6 Å². The summed E-state index contributed by atoms with van der Waals surface area (Å²) in [5, 5.41) is 3.60. The maximum Gasteiger partial charge on any atom is 0.126 e. The lowest BCUT2D eigenvalue weighted by atomic mass is 9.94. The van der Waals surface area contributed by atoms with Crippen LogP contribution >= 0.6 is 0 Å². The second kappa shape index (κ2) is 6.15. The van der Waals surface area contributed by atoms with Crippen LogP contribution in [0.25, 0.3) is 0 Å². The summed E-state index contributed by atoms with van der Waals surface area (Å²) >= 11 is 0. The molecule has 0 spiro atoms. The third kappa shape index (κ3) is 3.29. The zero-order chi connectivity index (χ0) is 12.1. The minimum Gasteiger partial charge on any atom is -0.314 e. The molecule has 2 unspecified atom stereocenters. The molecule has 0 saturated heterocycles. The first kappa shape index (κ1) is 12.6. The highest BCUT2D eigenvalue weighted by molar-refractivity contribution is 5.18. The van der Waals surface area contributed by atoms with E-state index < -0.39 is 0 Å². The molecule has 1 aromatic carbocycles. The van der Waals surface area contributed by atoms with Gasteiger partial charge in [0.2, 0.25) is 0 Å². The maximum atomic E-state index is 13.6. The lowest BCUT2D eigenvalue weighted by Gasteiger charge is -2.21. The highest BCUT2D eigenvalue weighted by atomic mass is 19.1. The van der Waals surface area contributed by atoms with Gasteiger partial charge in [0.15, 0.2) is 0 Å². The van der Waals surface area contributed by atoms with Crippen molar-refractivity contribution in [2.24, 2.45) is 5.92 Å². The molecule has 0 radical (unpaired) electrons. The van der Waals surface area contributed by atoms with Gasteiger partial charge in [0.25, 0.3) is 0 Å². The van der Waals surface area contributed by atoms with Crippen LogP contribution in [0.5, 0.6) is 0 Å². The largest absolute Gasteiger partial charge is 0.314 e. The first-order valence-electron chi connectivity index (χ1n) is 6.78. The van der Waals surface area contributed by atoms with E-state index in [-0.39, 0.29) is 5.82 Å². The van der Waals surface area contributed by atoms with Crippen molar-refractivity contribution in [3.63, 3.8) is 0 Å². The molecule has 0 aliphatic heterocycles. The Hall–Kier alpha value is -0.890. The topological polar surface area (TPSA) is 12.0 Å². The fraction of sp³-hybridized carbons (Fsp3) is 0.600. The summed E-state index contributed by atoms with van der Waals surface area (Å²) in [5.74, 6) is 0.562. The second-order valence-corrected chi connectivity index (χ2v) is 5.05. The third-order valence-corrected chi connectivity index (χ3v) is 3.76.